The number of fused-ring (bicyclic) bond motifs is 1. The first kappa shape index (κ1) is 21.5. The van der Waals surface area contributed by atoms with Gasteiger partial charge >= 0.3 is 5.97 Å². The smallest absolute Gasteiger partial charge is 0.347 e. The number of nitrogens with zero attached hydrogens (tertiary/aromatic N) is 3. The van der Waals surface area contributed by atoms with Crippen LogP contribution in [0.1, 0.15) is 20.8 Å². The number of carbonyl (C=O) groups excluding carboxylic acids is 1. The minimum absolute atomic E-state index is 0.105. The van der Waals surface area contributed by atoms with Crippen LogP contribution in [0.2, 0.25) is 5.02 Å². The third kappa shape index (κ3) is 5.90. The molecule has 0 aliphatic rings. The Kier molecular flexibility index (Phi) is 7.19. The molecule has 0 amide bonds. The standard InChI is InChI=1S/C22H22ClN3O4/c1-14(2)26-29-11-10-28-22(27)15(3)30-18-7-4-16(5-8-18)21-13-24-20-12-17(23)6-9-19(20)25-21/h4-9,12-13,15H,10-11H2,1-3H3/t15-/m1/s1. The van der Waals surface area contributed by atoms with E-state index in [9.17, 15) is 4.79 Å². The molecule has 0 N–H and O–H groups in total. The van der Waals surface area contributed by atoms with Gasteiger partial charge in [-0.3, -0.25) is 4.98 Å². The van der Waals surface area contributed by atoms with Crippen LogP contribution in [0.4, 0.5) is 0 Å². The number of hydrogen-bond donors (Lipinski definition) is 0. The number of esters is 1. The maximum Gasteiger partial charge on any atom is 0.347 e. The predicted octanol–water partition coefficient (Wildman–Crippen LogP) is 4.67. The topological polar surface area (TPSA) is 82.9 Å². The number of hydrogen-bond acceptors (Lipinski definition) is 7. The van der Waals surface area contributed by atoms with Gasteiger partial charge in [-0.05, 0) is 63.2 Å². The second-order valence-electron chi connectivity index (χ2n) is 6.71. The van der Waals surface area contributed by atoms with Gasteiger partial charge in [-0.15, -0.1) is 0 Å². The van der Waals surface area contributed by atoms with E-state index >= 15 is 0 Å². The quantitative estimate of drug-likeness (QED) is 0.225. The molecule has 0 radical (unpaired) electrons. The molecule has 0 aliphatic carbocycles. The average Bonchev–Trinajstić information content (AvgIpc) is 2.73. The summed E-state index contributed by atoms with van der Waals surface area (Å²) < 4.78 is 10.8. The monoisotopic (exact) mass is 427 g/mol. The summed E-state index contributed by atoms with van der Waals surface area (Å²) in [4.78, 5) is 26.0. The summed E-state index contributed by atoms with van der Waals surface area (Å²) in [7, 11) is 0. The average molecular weight is 428 g/mol. The highest BCUT2D eigenvalue weighted by Gasteiger charge is 2.16. The summed E-state index contributed by atoms with van der Waals surface area (Å²) in [5.74, 6) is 0.0742. The van der Waals surface area contributed by atoms with Gasteiger partial charge in [0, 0.05) is 10.6 Å². The second-order valence-corrected chi connectivity index (χ2v) is 7.15. The van der Waals surface area contributed by atoms with Gasteiger partial charge in [0.15, 0.2) is 12.7 Å². The van der Waals surface area contributed by atoms with E-state index in [1.807, 2.05) is 32.0 Å². The van der Waals surface area contributed by atoms with Gasteiger partial charge in [0.2, 0.25) is 0 Å². The van der Waals surface area contributed by atoms with Crippen LogP contribution < -0.4 is 4.74 Å². The van der Waals surface area contributed by atoms with E-state index in [0.717, 1.165) is 28.0 Å². The van der Waals surface area contributed by atoms with Crippen molar-refractivity contribution in [1.82, 2.24) is 9.97 Å². The van der Waals surface area contributed by atoms with Crippen LogP contribution in [0.15, 0.2) is 53.8 Å². The number of benzene rings is 2. The number of halogens is 1. The second kappa shape index (κ2) is 10.0. The molecule has 1 atom stereocenters. The molecule has 8 heteroatoms. The molecule has 0 spiro atoms. The predicted molar refractivity (Wildman–Crippen MR) is 116 cm³/mol. The molecule has 3 aromatic rings. The van der Waals surface area contributed by atoms with Crippen molar-refractivity contribution in [3.8, 4) is 17.0 Å². The van der Waals surface area contributed by atoms with Gasteiger partial charge in [0.25, 0.3) is 0 Å². The molecule has 0 saturated heterocycles. The molecule has 30 heavy (non-hydrogen) atoms. The Balaban J connectivity index is 1.57. The molecular weight excluding hydrogens is 406 g/mol. The number of rotatable bonds is 8. The summed E-state index contributed by atoms with van der Waals surface area (Å²) >= 11 is 5.98. The maximum atomic E-state index is 12.0. The van der Waals surface area contributed by atoms with Crippen molar-refractivity contribution >= 4 is 34.3 Å². The number of aromatic nitrogens is 2. The van der Waals surface area contributed by atoms with Crippen LogP contribution in [-0.2, 0) is 14.4 Å². The Morgan fingerprint density at radius 2 is 1.87 bits per heavy atom. The van der Waals surface area contributed by atoms with Gasteiger partial charge in [0.1, 0.15) is 12.4 Å². The summed E-state index contributed by atoms with van der Waals surface area (Å²) in [6.45, 7) is 5.56. The molecule has 0 unspecified atom stereocenters. The van der Waals surface area contributed by atoms with Gasteiger partial charge < -0.3 is 14.3 Å². The fraction of sp³-hybridized carbons (Fsp3) is 0.273. The number of ether oxygens (including phenoxy) is 2. The van der Waals surface area contributed by atoms with Crippen LogP contribution in [-0.4, -0.2) is 41.0 Å². The molecular formula is C22H22ClN3O4. The van der Waals surface area contributed by atoms with Crippen molar-refractivity contribution in [2.75, 3.05) is 13.2 Å². The number of carbonyl (C=O) groups is 1. The minimum Gasteiger partial charge on any atom is -0.479 e. The zero-order chi connectivity index (χ0) is 21.5. The molecule has 156 valence electrons. The van der Waals surface area contributed by atoms with E-state index in [2.05, 4.69) is 15.1 Å². The van der Waals surface area contributed by atoms with E-state index in [1.165, 1.54) is 0 Å². The molecule has 7 nitrogen and oxygen atoms in total. The van der Waals surface area contributed by atoms with Crippen LogP contribution in [0.25, 0.3) is 22.3 Å². The van der Waals surface area contributed by atoms with Crippen LogP contribution >= 0.6 is 11.6 Å². The van der Waals surface area contributed by atoms with E-state index in [4.69, 9.17) is 25.9 Å². The zero-order valence-corrected chi connectivity index (χ0v) is 17.7. The van der Waals surface area contributed by atoms with Crippen molar-refractivity contribution < 1.29 is 19.1 Å². The summed E-state index contributed by atoms with van der Waals surface area (Å²) in [5.41, 5.74) is 3.90. The van der Waals surface area contributed by atoms with Gasteiger partial charge in [-0.2, -0.15) is 0 Å². The Hall–Kier alpha value is -3.19. The maximum absolute atomic E-state index is 12.0. The van der Waals surface area contributed by atoms with E-state index in [0.29, 0.717) is 10.8 Å². The fourth-order valence-electron chi connectivity index (χ4n) is 2.55. The Morgan fingerprint density at radius 1 is 1.10 bits per heavy atom. The number of oxime groups is 1. The highest BCUT2D eigenvalue weighted by molar-refractivity contribution is 6.31. The lowest BCUT2D eigenvalue weighted by Gasteiger charge is -2.14. The fourth-order valence-corrected chi connectivity index (χ4v) is 2.72. The molecule has 0 saturated carbocycles. The molecule has 0 aliphatic heterocycles. The van der Waals surface area contributed by atoms with Crippen molar-refractivity contribution in [3.05, 3.63) is 53.7 Å². The van der Waals surface area contributed by atoms with Gasteiger partial charge in [-0.25, -0.2) is 9.78 Å². The molecule has 0 fully saturated rings. The van der Waals surface area contributed by atoms with Crippen molar-refractivity contribution in [2.45, 2.75) is 26.9 Å². The van der Waals surface area contributed by atoms with Crippen molar-refractivity contribution in [1.29, 1.82) is 0 Å². The third-order valence-corrected chi connectivity index (χ3v) is 4.20. The van der Waals surface area contributed by atoms with E-state index in [-0.39, 0.29) is 13.2 Å². The molecule has 1 heterocycles. The molecule has 0 bridgehead atoms. The van der Waals surface area contributed by atoms with Crippen LogP contribution in [0.3, 0.4) is 0 Å². The molecule has 3 rings (SSSR count). The lowest BCUT2D eigenvalue weighted by molar-refractivity contribution is -0.152. The summed E-state index contributed by atoms with van der Waals surface area (Å²) in [6.07, 6.45) is 0.943. The zero-order valence-electron chi connectivity index (χ0n) is 17.0. The Morgan fingerprint density at radius 3 is 2.60 bits per heavy atom. The normalized spacial score (nSPS) is 11.6. The van der Waals surface area contributed by atoms with E-state index in [1.54, 1.807) is 37.4 Å². The molecule has 1 aromatic heterocycles. The van der Waals surface area contributed by atoms with Crippen LogP contribution in [0.5, 0.6) is 5.75 Å². The first-order valence-corrected chi connectivity index (χ1v) is 9.79. The van der Waals surface area contributed by atoms with Crippen molar-refractivity contribution in [2.24, 2.45) is 5.16 Å². The Bertz CT molecular complexity index is 1050. The lowest BCUT2D eigenvalue weighted by Crippen LogP contribution is -2.27. The van der Waals surface area contributed by atoms with Gasteiger partial charge in [-0.1, -0.05) is 16.8 Å². The summed E-state index contributed by atoms with van der Waals surface area (Å²) in [6, 6.07) is 12.7. The van der Waals surface area contributed by atoms with E-state index < -0.39 is 12.1 Å². The first-order valence-electron chi connectivity index (χ1n) is 9.41. The highest BCUT2D eigenvalue weighted by Crippen LogP contribution is 2.24. The lowest BCUT2D eigenvalue weighted by atomic mass is 10.1. The van der Waals surface area contributed by atoms with Crippen LogP contribution in [0, 0.1) is 0 Å². The SMILES string of the molecule is CC(C)=NOCCOC(=O)[C@@H](C)Oc1ccc(-c2cnc3cc(Cl)ccc3n2)cc1. The Labute approximate surface area is 179 Å². The highest BCUT2D eigenvalue weighted by atomic mass is 35.5. The van der Waals surface area contributed by atoms with Gasteiger partial charge in [0.05, 0.1) is 28.6 Å². The third-order valence-electron chi connectivity index (χ3n) is 3.97. The molecule has 2 aromatic carbocycles. The van der Waals surface area contributed by atoms with Crippen molar-refractivity contribution in [3.63, 3.8) is 0 Å². The minimum atomic E-state index is -0.752. The summed E-state index contributed by atoms with van der Waals surface area (Å²) in [5, 5.41) is 4.39. The largest absolute Gasteiger partial charge is 0.479 e. The first-order chi connectivity index (χ1) is 14.4.